The van der Waals surface area contributed by atoms with Crippen LogP contribution in [0.4, 0.5) is 5.69 Å². The van der Waals surface area contributed by atoms with Gasteiger partial charge in [0, 0.05) is 11.9 Å². The average molecular weight is 375 g/mol. The standard InChI is InChI=1S/C15H15BrN6O/c1-10-5-11(2)21(20-10)9-15(23)19-13-3-4-14(17-7-13)22-8-12(16)6-18-22/h3-8H,9H2,1-2H3,(H,19,23). The topological polar surface area (TPSA) is 77.6 Å². The van der Waals surface area contributed by atoms with Crippen LogP contribution in [-0.4, -0.2) is 30.5 Å². The number of aromatic nitrogens is 5. The molecular weight excluding hydrogens is 360 g/mol. The van der Waals surface area contributed by atoms with Crippen LogP contribution in [0.25, 0.3) is 5.82 Å². The molecule has 0 aliphatic carbocycles. The Morgan fingerprint density at radius 3 is 2.70 bits per heavy atom. The Bertz CT molecular complexity index is 836. The highest BCUT2D eigenvalue weighted by atomic mass is 79.9. The van der Waals surface area contributed by atoms with Crippen LogP contribution in [0, 0.1) is 13.8 Å². The summed E-state index contributed by atoms with van der Waals surface area (Å²) in [6, 6.07) is 5.52. The van der Waals surface area contributed by atoms with E-state index in [1.807, 2.05) is 26.1 Å². The van der Waals surface area contributed by atoms with Crippen molar-refractivity contribution in [2.24, 2.45) is 0 Å². The zero-order chi connectivity index (χ0) is 16.4. The molecule has 3 rings (SSSR count). The van der Waals surface area contributed by atoms with E-state index in [0.717, 1.165) is 15.9 Å². The first-order valence-electron chi connectivity index (χ1n) is 6.99. The lowest BCUT2D eigenvalue weighted by Crippen LogP contribution is -2.20. The van der Waals surface area contributed by atoms with Gasteiger partial charge in [-0.05, 0) is 48.0 Å². The first-order valence-corrected chi connectivity index (χ1v) is 7.78. The number of hydrogen-bond donors (Lipinski definition) is 1. The molecule has 0 saturated carbocycles. The van der Waals surface area contributed by atoms with Gasteiger partial charge in [-0.25, -0.2) is 9.67 Å². The van der Waals surface area contributed by atoms with Crippen molar-refractivity contribution in [1.82, 2.24) is 24.5 Å². The van der Waals surface area contributed by atoms with E-state index in [-0.39, 0.29) is 12.5 Å². The fourth-order valence-electron chi connectivity index (χ4n) is 2.19. The molecule has 8 heteroatoms. The number of anilines is 1. The third-order valence-corrected chi connectivity index (χ3v) is 3.62. The third kappa shape index (κ3) is 3.65. The fourth-order valence-corrected chi connectivity index (χ4v) is 2.48. The monoisotopic (exact) mass is 374 g/mol. The lowest BCUT2D eigenvalue weighted by Gasteiger charge is -2.07. The molecule has 3 aromatic rings. The van der Waals surface area contributed by atoms with Gasteiger partial charge in [0.25, 0.3) is 0 Å². The van der Waals surface area contributed by atoms with Gasteiger partial charge in [-0.3, -0.25) is 9.48 Å². The highest BCUT2D eigenvalue weighted by molar-refractivity contribution is 9.10. The zero-order valence-electron chi connectivity index (χ0n) is 12.7. The average Bonchev–Trinajstić information content (AvgIpc) is 3.06. The number of aryl methyl sites for hydroxylation is 2. The number of nitrogens with one attached hydrogen (secondary N) is 1. The van der Waals surface area contributed by atoms with Gasteiger partial charge in [0.1, 0.15) is 6.54 Å². The molecule has 1 N–H and O–H groups in total. The van der Waals surface area contributed by atoms with E-state index in [1.54, 1.807) is 33.9 Å². The van der Waals surface area contributed by atoms with Gasteiger partial charge in [0.05, 0.1) is 28.2 Å². The number of carbonyl (C=O) groups is 1. The Kier molecular flexibility index (Phi) is 4.24. The number of rotatable bonds is 4. The van der Waals surface area contributed by atoms with Crippen LogP contribution in [0.3, 0.4) is 0 Å². The van der Waals surface area contributed by atoms with E-state index in [1.165, 1.54) is 0 Å². The Morgan fingerprint density at radius 1 is 1.30 bits per heavy atom. The number of hydrogen-bond acceptors (Lipinski definition) is 4. The number of pyridine rings is 1. The van der Waals surface area contributed by atoms with Crippen LogP contribution < -0.4 is 5.32 Å². The summed E-state index contributed by atoms with van der Waals surface area (Å²) in [6.07, 6.45) is 5.10. The fraction of sp³-hybridized carbons (Fsp3) is 0.200. The van der Waals surface area contributed by atoms with E-state index >= 15 is 0 Å². The molecule has 1 amide bonds. The van der Waals surface area contributed by atoms with Crippen LogP contribution in [-0.2, 0) is 11.3 Å². The number of carbonyl (C=O) groups excluding carboxylic acids is 1. The van der Waals surface area contributed by atoms with Gasteiger partial charge in [-0.2, -0.15) is 10.2 Å². The summed E-state index contributed by atoms with van der Waals surface area (Å²) in [5, 5.41) is 11.2. The van der Waals surface area contributed by atoms with Crippen LogP contribution in [0.1, 0.15) is 11.4 Å². The summed E-state index contributed by atoms with van der Waals surface area (Å²) in [4.78, 5) is 16.4. The zero-order valence-corrected chi connectivity index (χ0v) is 14.3. The summed E-state index contributed by atoms with van der Waals surface area (Å²) >= 11 is 3.34. The molecule has 0 atom stereocenters. The summed E-state index contributed by atoms with van der Waals surface area (Å²) in [6.45, 7) is 4.00. The van der Waals surface area contributed by atoms with Crippen LogP contribution in [0.15, 0.2) is 41.3 Å². The Hall–Kier alpha value is -2.48. The normalized spacial score (nSPS) is 10.7. The van der Waals surface area contributed by atoms with Crippen molar-refractivity contribution < 1.29 is 4.79 Å². The van der Waals surface area contributed by atoms with Crippen LogP contribution in [0.2, 0.25) is 0 Å². The molecule has 0 aliphatic heterocycles. The van der Waals surface area contributed by atoms with Crippen molar-refractivity contribution in [1.29, 1.82) is 0 Å². The maximum absolute atomic E-state index is 12.1. The van der Waals surface area contributed by atoms with Crippen LogP contribution in [0.5, 0.6) is 0 Å². The lowest BCUT2D eigenvalue weighted by molar-refractivity contribution is -0.116. The van der Waals surface area contributed by atoms with Gasteiger partial charge in [0.2, 0.25) is 5.91 Å². The quantitative estimate of drug-likeness (QED) is 0.760. The van der Waals surface area contributed by atoms with Crippen molar-refractivity contribution >= 4 is 27.5 Å². The summed E-state index contributed by atoms with van der Waals surface area (Å²) in [5.74, 6) is 0.528. The number of halogens is 1. The second-order valence-electron chi connectivity index (χ2n) is 5.14. The number of nitrogens with zero attached hydrogens (tertiary/aromatic N) is 5. The molecular formula is C15H15BrN6O. The molecule has 0 bridgehead atoms. The highest BCUT2D eigenvalue weighted by Gasteiger charge is 2.08. The second kappa shape index (κ2) is 6.33. The minimum atomic E-state index is -0.146. The minimum Gasteiger partial charge on any atom is -0.323 e. The molecule has 3 aromatic heterocycles. The third-order valence-electron chi connectivity index (χ3n) is 3.21. The molecule has 3 heterocycles. The van der Waals surface area contributed by atoms with Crippen molar-refractivity contribution in [2.75, 3.05) is 5.32 Å². The van der Waals surface area contributed by atoms with Crippen molar-refractivity contribution in [3.05, 3.63) is 52.7 Å². The second-order valence-corrected chi connectivity index (χ2v) is 6.06. The van der Waals surface area contributed by atoms with Crippen molar-refractivity contribution in [2.45, 2.75) is 20.4 Å². The SMILES string of the molecule is Cc1cc(C)n(CC(=O)Nc2ccc(-n3cc(Br)cn3)nc2)n1. The first-order chi connectivity index (χ1) is 11.0. The summed E-state index contributed by atoms with van der Waals surface area (Å²) in [7, 11) is 0. The predicted molar refractivity (Wildman–Crippen MR) is 89.4 cm³/mol. The van der Waals surface area contributed by atoms with E-state index in [2.05, 4.69) is 36.4 Å². The molecule has 0 saturated heterocycles. The highest BCUT2D eigenvalue weighted by Crippen LogP contribution is 2.13. The predicted octanol–water partition coefficient (Wildman–Crippen LogP) is 2.48. The molecule has 0 radical (unpaired) electrons. The lowest BCUT2D eigenvalue weighted by atomic mass is 10.4. The minimum absolute atomic E-state index is 0.146. The maximum atomic E-state index is 12.1. The smallest absolute Gasteiger partial charge is 0.246 e. The molecule has 0 spiro atoms. The van der Waals surface area contributed by atoms with Gasteiger partial charge in [-0.15, -0.1) is 0 Å². The molecule has 7 nitrogen and oxygen atoms in total. The van der Waals surface area contributed by atoms with Crippen molar-refractivity contribution in [3.63, 3.8) is 0 Å². The maximum Gasteiger partial charge on any atom is 0.246 e. The van der Waals surface area contributed by atoms with Gasteiger partial charge in [0.15, 0.2) is 5.82 Å². The van der Waals surface area contributed by atoms with Crippen LogP contribution >= 0.6 is 15.9 Å². The summed E-state index contributed by atoms with van der Waals surface area (Å²) < 4.78 is 4.20. The van der Waals surface area contributed by atoms with Gasteiger partial charge >= 0.3 is 0 Å². The Balaban J connectivity index is 1.66. The first kappa shape index (κ1) is 15.4. The van der Waals surface area contributed by atoms with E-state index < -0.39 is 0 Å². The molecule has 0 aliphatic rings. The van der Waals surface area contributed by atoms with Gasteiger partial charge in [-0.1, -0.05) is 0 Å². The summed E-state index contributed by atoms with van der Waals surface area (Å²) in [5.41, 5.74) is 2.48. The Morgan fingerprint density at radius 2 is 2.13 bits per heavy atom. The van der Waals surface area contributed by atoms with Gasteiger partial charge < -0.3 is 5.32 Å². The Labute approximate surface area is 141 Å². The van der Waals surface area contributed by atoms with E-state index in [4.69, 9.17) is 0 Å². The molecule has 23 heavy (non-hydrogen) atoms. The molecule has 0 fully saturated rings. The largest absolute Gasteiger partial charge is 0.323 e. The van der Waals surface area contributed by atoms with Crippen molar-refractivity contribution in [3.8, 4) is 5.82 Å². The number of amides is 1. The molecule has 0 unspecified atom stereocenters. The van der Waals surface area contributed by atoms with E-state index in [9.17, 15) is 4.79 Å². The molecule has 0 aromatic carbocycles. The van der Waals surface area contributed by atoms with E-state index in [0.29, 0.717) is 11.5 Å². The molecule has 118 valence electrons.